The topological polar surface area (TPSA) is 52.0 Å². The molecular formula is C4H7ClN2O. The van der Waals surface area contributed by atoms with Crippen molar-refractivity contribution in [2.75, 3.05) is 5.73 Å². The highest BCUT2D eigenvalue weighted by Gasteiger charge is 1.88. The maximum atomic E-state index is 5.17. The Labute approximate surface area is 53.3 Å². The van der Waals surface area contributed by atoms with E-state index in [4.69, 9.17) is 5.73 Å². The van der Waals surface area contributed by atoms with Crippen LogP contribution in [0.4, 0.5) is 5.82 Å². The van der Waals surface area contributed by atoms with Gasteiger partial charge in [0.15, 0.2) is 5.82 Å². The van der Waals surface area contributed by atoms with Crippen LogP contribution in [0.3, 0.4) is 0 Å². The molecule has 0 aliphatic heterocycles. The van der Waals surface area contributed by atoms with E-state index in [0.29, 0.717) is 5.82 Å². The van der Waals surface area contributed by atoms with Gasteiger partial charge in [-0.25, -0.2) is 0 Å². The van der Waals surface area contributed by atoms with Crippen molar-refractivity contribution in [2.24, 2.45) is 0 Å². The van der Waals surface area contributed by atoms with Gasteiger partial charge < -0.3 is 10.3 Å². The molecule has 0 spiro atoms. The molecule has 1 aromatic heterocycles. The highest BCUT2D eigenvalue weighted by Crippen LogP contribution is 2.00. The molecule has 1 aromatic rings. The lowest BCUT2D eigenvalue weighted by Crippen LogP contribution is -1.79. The first-order valence-electron chi connectivity index (χ1n) is 1.98. The van der Waals surface area contributed by atoms with Gasteiger partial charge in [0.2, 0.25) is 0 Å². The number of anilines is 1. The number of nitrogens with two attached hydrogens (primary N) is 1. The van der Waals surface area contributed by atoms with E-state index in [-0.39, 0.29) is 12.4 Å². The molecule has 0 amide bonds. The Hall–Kier alpha value is -0.700. The van der Waals surface area contributed by atoms with Crippen LogP contribution in [0.5, 0.6) is 0 Å². The summed E-state index contributed by atoms with van der Waals surface area (Å²) in [6, 6.07) is 1.67. The minimum atomic E-state index is 0. The number of nitrogens with zero attached hydrogens (tertiary/aromatic N) is 1. The molecule has 1 rings (SSSR count). The van der Waals surface area contributed by atoms with Gasteiger partial charge in [-0.2, -0.15) is 0 Å². The molecule has 0 aliphatic carbocycles. The third-order valence-corrected chi connectivity index (χ3v) is 0.646. The molecule has 4 heteroatoms. The fraction of sp³-hybridized carbons (Fsp3) is 0.250. The van der Waals surface area contributed by atoms with Crippen LogP contribution in [0.1, 0.15) is 5.76 Å². The first-order chi connectivity index (χ1) is 3.29. The summed E-state index contributed by atoms with van der Waals surface area (Å²) in [6.07, 6.45) is 0. The maximum Gasteiger partial charge on any atom is 0.167 e. The zero-order valence-corrected chi connectivity index (χ0v) is 5.23. The Morgan fingerprint density at radius 1 is 1.75 bits per heavy atom. The molecule has 1 heterocycles. The predicted octanol–water partition coefficient (Wildman–Crippen LogP) is 0.987. The average molecular weight is 135 g/mol. The van der Waals surface area contributed by atoms with Crippen molar-refractivity contribution in [1.82, 2.24) is 5.16 Å². The summed E-state index contributed by atoms with van der Waals surface area (Å²) in [5.41, 5.74) is 5.17. The summed E-state index contributed by atoms with van der Waals surface area (Å²) in [7, 11) is 0. The lowest BCUT2D eigenvalue weighted by atomic mass is 10.5. The molecule has 0 radical (unpaired) electrons. The first-order valence-corrected chi connectivity index (χ1v) is 1.98. The first kappa shape index (κ1) is 7.30. The van der Waals surface area contributed by atoms with E-state index in [2.05, 4.69) is 9.68 Å². The molecule has 0 atom stereocenters. The number of halogens is 1. The second-order valence-corrected chi connectivity index (χ2v) is 1.36. The fourth-order valence-corrected chi connectivity index (χ4v) is 0.386. The molecule has 2 N–H and O–H groups in total. The number of hydrogen-bond acceptors (Lipinski definition) is 3. The summed E-state index contributed by atoms with van der Waals surface area (Å²) in [6.45, 7) is 1.80. The van der Waals surface area contributed by atoms with E-state index < -0.39 is 0 Å². The summed E-state index contributed by atoms with van der Waals surface area (Å²) in [4.78, 5) is 0. The van der Waals surface area contributed by atoms with E-state index in [1.807, 2.05) is 0 Å². The third kappa shape index (κ3) is 1.42. The minimum Gasteiger partial charge on any atom is -0.381 e. The van der Waals surface area contributed by atoms with Crippen molar-refractivity contribution < 1.29 is 4.52 Å². The highest BCUT2D eigenvalue weighted by molar-refractivity contribution is 5.85. The Balaban J connectivity index is 0.000000490. The van der Waals surface area contributed by atoms with E-state index in [1.165, 1.54) is 0 Å². The normalized spacial score (nSPS) is 8.12. The largest absolute Gasteiger partial charge is 0.381 e. The van der Waals surface area contributed by atoms with Gasteiger partial charge in [-0.1, -0.05) is 5.16 Å². The molecule has 8 heavy (non-hydrogen) atoms. The predicted molar refractivity (Wildman–Crippen MR) is 32.9 cm³/mol. The van der Waals surface area contributed by atoms with Crippen molar-refractivity contribution in [3.05, 3.63) is 11.8 Å². The molecule has 0 fully saturated rings. The van der Waals surface area contributed by atoms with Crippen LogP contribution in [0.15, 0.2) is 10.6 Å². The van der Waals surface area contributed by atoms with Crippen molar-refractivity contribution in [3.8, 4) is 0 Å². The zero-order chi connectivity index (χ0) is 5.28. The molecule has 0 saturated carbocycles. The molecule has 0 saturated heterocycles. The molecule has 0 aromatic carbocycles. The Morgan fingerprint density at radius 3 is 2.50 bits per heavy atom. The fourth-order valence-electron chi connectivity index (χ4n) is 0.386. The molecule has 3 nitrogen and oxygen atoms in total. The van der Waals surface area contributed by atoms with Crippen LogP contribution in [0, 0.1) is 6.92 Å². The second kappa shape index (κ2) is 2.57. The van der Waals surface area contributed by atoms with Crippen molar-refractivity contribution in [3.63, 3.8) is 0 Å². The van der Waals surface area contributed by atoms with Crippen LogP contribution in [-0.2, 0) is 0 Å². The standard InChI is InChI=1S/C4H6N2O.ClH/c1-3-2-4(5)6-7-3;/h2H,1H3,(H2,5,6);1H. The number of aryl methyl sites for hydroxylation is 1. The van der Waals surface area contributed by atoms with Crippen LogP contribution in [0.2, 0.25) is 0 Å². The van der Waals surface area contributed by atoms with Crippen LogP contribution < -0.4 is 5.73 Å². The molecule has 0 aliphatic rings. The Bertz CT molecular complexity index is 146. The average Bonchev–Trinajstić information content (AvgIpc) is 1.87. The van der Waals surface area contributed by atoms with Gasteiger partial charge in [-0.15, -0.1) is 12.4 Å². The van der Waals surface area contributed by atoms with Crippen molar-refractivity contribution in [1.29, 1.82) is 0 Å². The summed E-state index contributed by atoms with van der Waals surface area (Å²) in [5, 5.41) is 3.42. The van der Waals surface area contributed by atoms with Gasteiger partial charge in [-0.3, -0.25) is 0 Å². The third-order valence-electron chi connectivity index (χ3n) is 0.646. The monoisotopic (exact) mass is 134 g/mol. The van der Waals surface area contributed by atoms with Crippen LogP contribution in [-0.4, -0.2) is 5.16 Å². The number of aromatic nitrogens is 1. The lowest BCUT2D eigenvalue weighted by molar-refractivity contribution is 0.400. The number of nitrogen functional groups attached to an aromatic ring is 1. The second-order valence-electron chi connectivity index (χ2n) is 1.36. The van der Waals surface area contributed by atoms with Crippen molar-refractivity contribution in [2.45, 2.75) is 6.92 Å². The summed E-state index contributed by atoms with van der Waals surface area (Å²) in [5.74, 6) is 1.19. The summed E-state index contributed by atoms with van der Waals surface area (Å²) < 4.78 is 4.59. The number of hydrogen-bond donors (Lipinski definition) is 1. The van der Waals surface area contributed by atoms with Gasteiger partial charge in [0.1, 0.15) is 5.76 Å². The van der Waals surface area contributed by atoms with E-state index in [0.717, 1.165) is 5.76 Å². The zero-order valence-electron chi connectivity index (χ0n) is 4.42. The minimum absolute atomic E-state index is 0. The number of rotatable bonds is 0. The summed E-state index contributed by atoms with van der Waals surface area (Å²) >= 11 is 0. The van der Waals surface area contributed by atoms with E-state index in [1.54, 1.807) is 13.0 Å². The van der Waals surface area contributed by atoms with Gasteiger partial charge in [0.25, 0.3) is 0 Å². The maximum absolute atomic E-state index is 5.17. The van der Waals surface area contributed by atoms with Gasteiger partial charge >= 0.3 is 0 Å². The van der Waals surface area contributed by atoms with E-state index >= 15 is 0 Å². The molecule has 0 bridgehead atoms. The molecular weight excluding hydrogens is 128 g/mol. The lowest BCUT2D eigenvalue weighted by Gasteiger charge is -1.65. The Kier molecular flexibility index (Phi) is 2.34. The SMILES string of the molecule is Cc1cc(N)no1.Cl. The van der Waals surface area contributed by atoms with Crippen LogP contribution in [0.25, 0.3) is 0 Å². The van der Waals surface area contributed by atoms with Crippen LogP contribution >= 0.6 is 12.4 Å². The quantitative estimate of drug-likeness (QED) is 0.576. The van der Waals surface area contributed by atoms with E-state index in [9.17, 15) is 0 Å². The Morgan fingerprint density at radius 2 is 2.38 bits per heavy atom. The highest BCUT2D eigenvalue weighted by atomic mass is 35.5. The smallest absolute Gasteiger partial charge is 0.167 e. The van der Waals surface area contributed by atoms with Crippen molar-refractivity contribution >= 4 is 18.2 Å². The van der Waals surface area contributed by atoms with Gasteiger partial charge in [-0.05, 0) is 6.92 Å². The van der Waals surface area contributed by atoms with Gasteiger partial charge in [0, 0.05) is 6.07 Å². The van der Waals surface area contributed by atoms with Gasteiger partial charge in [0.05, 0.1) is 0 Å². The molecule has 0 unspecified atom stereocenters. The molecule has 46 valence electrons.